The summed E-state index contributed by atoms with van der Waals surface area (Å²) in [5, 5.41) is 2.79. The molecule has 0 spiro atoms. The monoisotopic (exact) mass is 347 g/mol. The number of benzene rings is 2. The Hall–Kier alpha value is -2.60. The van der Waals surface area contributed by atoms with Crippen LogP contribution in [-0.4, -0.2) is 31.8 Å². The lowest BCUT2D eigenvalue weighted by atomic mass is 10.1. The van der Waals surface area contributed by atoms with Crippen molar-refractivity contribution in [2.75, 3.05) is 25.6 Å². The highest BCUT2D eigenvalue weighted by Crippen LogP contribution is 2.21. The van der Waals surface area contributed by atoms with Gasteiger partial charge in [0.05, 0.1) is 6.61 Å². The molecule has 2 aromatic rings. The van der Waals surface area contributed by atoms with Gasteiger partial charge in [-0.25, -0.2) is 4.39 Å². The summed E-state index contributed by atoms with van der Waals surface area (Å²) < 4.78 is 29.0. The third-order valence-corrected chi connectivity index (χ3v) is 3.40. The highest BCUT2D eigenvalue weighted by molar-refractivity contribution is 5.97. The average molecular weight is 347 g/mol. The first-order valence-electron chi connectivity index (χ1n) is 7.88. The van der Waals surface area contributed by atoms with Gasteiger partial charge in [-0.3, -0.25) is 4.79 Å². The number of carbonyl (C=O) groups is 1. The number of methoxy groups -OCH3 is 1. The predicted octanol–water partition coefficient (Wildman–Crippen LogP) is 3.65. The minimum Gasteiger partial charge on any atom is -0.491 e. The first kappa shape index (κ1) is 18.7. The van der Waals surface area contributed by atoms with Crippen molar-refractivity contribution in [3.8, 4) is 11.5 Å². The van der Waals surface area contributed by atoms with E-state index in [9.17, 15) is 9.18 Å². The second-order valence-electron chi connectivity index (χ2n) is 5.89. The van der Waals surface area contributed by atoms with E-state index >= 15 is 0 Å². The summed E-state index contributed by atoms with van der Waals surface area (Å²) >= 11 is 0. The Bertz CT molecular complexity index is 684. The van der Waals surface area contributed by atoms with Gasteiger partial charge in [0, 0.05) is 12.8 Å². The van der Waals surface area contributed by atoms with Gasteiger partial charge in [0.25, 0.3) is 5.91 Å². The number of ether oxygens (including phenoxy) is 3. The maximum Gasteiger partial charge on any atom is 0.267 e. The molecule has 0 heterocycles. The zero-order valence-electron chi connectivity index (χ0n) is 14.5. The van der Waals surface area contributed by atoms with E-state index in [2.05, 4.69) is 5.32 Å². The molecule has 1 N–H and O–H groups in total. The molecular formula is C19H22FNO4. The third-order valence-electron chi connectivity index (χ3n) is 3.40. The van der Waals surface area contributed by atoms with Gasteiger partial charge in [-0.15, -0.1) is 0 Å². The van der Waals surface area contributed by atoms with Crippen LogP contribution in [0.1, 0.15) is 13.8 Å². The van der Waals surface area contributed by atoms with E-state index in [0.29, 0.717) is 30.4 Å². The molecule has 0 saturated carbocycles. The van der Waals surface area contributed by atoms with Crippen LogP contribution in [0.15, 0.2) is 48.5 Å². The van der Waals surface area contributed by atoms with Gasteiger partial charge in [0.1, 0.15) is 23.9 Å². The van der Waals surface area contributed by atoms with E-state index in [4.69, 9.17) is 14.2 Å². The van der Waals surface area contributed by atoms with Crippen molar-refractivity contribution < 1.29 is 23.4 Å². The molecule has 2 rings (SSSR count). The molecule has 0 radical (unpaired) electrons. The van der Waals surface area contributed by atoms with Crippen LogP contribution >= 0.6 is 0 Å². The summed E-state index contributed by atoms with van der Waals surface area (Å²) in [7, 11) is 1.61. The van der Waals surface area contributed by atoms with Crippen LogP contribution in [-0.2, 0) is 9.53 Å². The average Bonchev–Trinajstić information content (AvgIpc) is 2.58. The second-order valence-corrected chi connectivity index (χ2v) is 5.89. The van der Waals surface area contributed by atoms with Crippen LogP contribution in [0.2, 0.25) is 0 Å². The van der Waals surface area contributed by atoms with Gasteiger partial charge < -0.3 is 19.5 Å². The molecule has 0 unspecified atom stereocenters. The Labute approximate surface area is 146 Å². The summed E-state index contributed by atoms with van der Waals surface area (Å²) in [6, 6.07) is 12.5. The molecular weight excluding hydrogens is 325 g/mol. The summed E-state index contributed by atoms with van der Waals surface area (Å²) in [4.78, 5) is 12.4. The number of halogens is 1. The van der Waals surface area contributed by atoms with Crippen LogP contribution < -0.4 is 14.8 Å². The molecule has 0 atom stereocenters. The van der Waals surface area contributed by atoms with Crippen molar-refractivity contribution in [3.05, 3.63) is 54.3 Å². The molecule has 0 saturated heterocycles. The van der Waals surface area contributed by atoms with Crippen LogP contribution in [0.4, 0.5) is 10.1 Å². The molecule has 0 aromatic heterocycles. The smallest absolute Gasteiger partial charge is 0.267 e. The number of rotatable bonds is 8. The lowest BCUT2D eigenvalue weighted by molar-refractivity contribution is -0.128. The Kier molecular flexibility index (Phi) is 6.36. The molecule has 25 heavy (non-hydrogen) atoms. The fraction of sp³-hybridized carbons (Fsp3) is 0.316. The summed E-state index contributed by atoms with van der Waals surface area (Å²) in [6.45, 7) is 4.26. The lowest BCUT2D eigenvalue weighted by Crippen LogP contribution is -2.42. The molecule has 6 heteroatoms. The highest BCUT2D eigenvalue weighted by atomic mass is 19.1. The van der Waals surface area contributed by atoms with E-state index in [-0.39, 0.29) is 11.7 Å². The molecule has 0 bridgehead atoms. The number of hydrogen-bond acceptors (Lipinski definition) is 4. The summed E-state index contributed by atoms with van der Waals surface area (Å²) in [5.41, 5.74) is -0.495. The van der Waals surface area contributed by atoms with Crippen molar-refractivity contribution >= 4 is 11.6 Å². The predicted molar refractivity (Wildman–Crippen MR) is 93.5 cm³/mol. The first-order chi connectivity index (χ1) is 11.9. The van der Waals surface area contributed by atoms with Crippen molar-refractivity contribution in [3.63, 3.8) is 0 Å². The largest absolute Gasteiger partial charge is 0.491 e. The zero-order valence-corrected chi connectivity index (χ0v) is 14.5. The maximum atomic E-state index is 12.9. The van der Waals surface area contributed by atoms with E-state index in [1.165, 1.54) is 24.3 Å². The molecule has 134 valence electrons. The Balaban J connectivity index is 1.94. The van der Waals surface area contributed by atoms with Crippen molar-refractivity contribution in [2.24, 2.45) is 0 Å². The van der Waals surface area contributed by atoms with Crippen molar-refractivity contribution in [1.29, 1.82) is 0 Å². The van der Waals surface area contributed by atoms with Crippen LogP contribution in [0.5, 0.6) is 11.5 Å². The SMILES string of the molecule is COCCOc1ccc(NC(=O)C(C)(C)Oc2ccc(F)cc2)cc1. The standard InChI is InChI=1S/C19H22FNO4/c1-19(2,25-17-8-4-14(20)5-9-17)18(22)21-15-6-10-16(11-7-15)24-13-12-23-3/h4-11H,12-13H2,1-3H3,(H,21,22). The van der Waals surface area contributed by atoms with Crippen LogP contribution in [0.25, 0.3) is 0 Å². The molecule has 2 aromatic carbocycles. The Morgan fingerprint density at radius 2 is 1.60 bits per heavy atom. The van der Waals surface area contributed by atoms with Gasteiger partial charge >= 0.3 is 0 Å². The highest BCUT2D eigenvalue weighted by Gasteiger charge is 2.30. The van der Waals surface area contributed by atoms with Gasteiger partial charge in [-0.2, -0.15) is 0 Å². The molecule has 0 aliphatic heterocycles. The fourth-order valence-corrected chi connectivity index (χ4v) is 2.00. The van der Waals surface area contributed by atoms with Gasteiger partial charge in [0.15, 0.2) is 5.60 Å². The number of hydrogen-bond donors (Lipinski definition) is 1. The summed E-state index contributed by atoms with van der Waals surface area (Å²) in [5.74, 6) is 0.438. The van der Waals surface area contributed by atoms with E-state index in [1.54, 1.807) is 45.2 Å². The van der Waals surface area contributed by atoms with E-state index < -0.39 is 5.60 Å². The topological polar surface area (TPSA) is 56.8 Å². The molecule has 5 nitrogen and oxygen atoms in total. The lowest BCUT2D eigenvalue weighted by Gasteiger charge is -2.25. The van der Waals surface area contributed by atoms with Gasteiger partial charge in [-0.1, -0.05) is 0 Å². The summed E-state index contributed by atoms with van der Waals surface area (Å²) in [6.07, 6.45) is 0. The number of carbonyl (C=O) groups excluding carboxylic acids is 1. The second kappa shape index (κ2) is 8.48. The zero-order chi connectivity index (χ0) is 18.3. The van der Waals surface area contributed by atoms with Crippen LogP contribution in [0.3, 0.4) is 0 Å². The Morgan fingerprint density at radius 3 is 2.20 bits per heavy atom. The fourth-order valence-electron chi connectivity index (χ4n) is 2.00. The minimum absolute atomic E-state index is 0.315. The minimum atomic E-state index is -1.12. The van der Waals surface area contributed by atoms with Crippen LogP contribution in [0, 0.1) is 5.82 Å². The van der Waals surface area contributed by atoms with Gasteiger partial charge in [-0.05, 0) is 62.4 Å². The molecule has 1 amide bonds. The van der Waals surface area contributed by atoms with Gasteiger partial charge in [0.2, 0.25) is 0 Å². The van der Waals surface area contributed by atoms with Crippen molar-refractivity contribution in [2.45, 2.75) is 19.4 Å². The number of amides is 1. The number of nitrogens with one attached hydrogen (secondary N) is 1. The normalized spacial score (nSPS) is 11.0. The van der Waals surface area contributed by atoms with Crippen molar-refractivity contribution in [1.82, 2.24) is 0 Å². The first-order valence-corrected chi connectivity index (χ1v) is 7.88. The van der Waals surface area contributed by atoms with E-state index in [0.717, 1.165) is 0 Å². The number of anilines is 1. The maximum absolute atomic E-state index is 12.9. The molecule has 0 fully saturated rings. The quantitative estimate of drug-likeness (QED) is 0.741. The third kappa shape index (κ3) is 5.76. The molecule has 0 aliphatic carbocycles. The Morgan fingerprint density at radius 1 is 1.00 bits per heavy atom. The van der Waals surface area contributed by atoms with E-state index in [1.807, 2.05) is 0 Å². The molecule has 0 aliphatic rings.